The molecule has 0 heterocycles. The summed E-state index contributed by atoms with van der Waals surface area (Å²) in [6.45, 7) is 0.885. The lowest BCUT2D eigenvalue weighted by molar-refractivity contribution is -0.119. The van der Waals surface area contributed by atoms with Gasteiger partial charge in [0.2, 0.25) is 11.8 Å². The van der Waals surface area contributed by atoms with Crippen molar-refractivity contribution in [2.45, 2.75) is 13.0 Å². The van der Waals surface area contributed by atoms with Crippen molar-refractivity contribution in [2.75, 3.05) is 25.2 Å². The molecule has 5 nitrogen and oxygen atoms in total. The zero-order valence-electron chi connectivity index (χ0n) is 15.2. The van der Waals surface area contributed by atoms with Crippen molar-refractivity contribution in [2.24, 2.45) is 0 Å². The van der Waals surface area contributed by atoms with Gasteiger partial charge in [0.05, 0.1) is 18.6 Å². The summed E-state index contributed by atoms with van der Waals surface area (Å²) < 4.78 is 17.9. The van der Waals surface area contributed by atoms with E-state index in [9.17, 15) is 14.0 Å². The summed E-state index contributed by atoms with van der Waals surface area (Å²) in [5, 5.41) is 5.58. The molecule has 0 spiro atoms. The number of rotatable bonds is 10. The van der Waals surface area contributed by atoms with Gasteiger partial charge in [-0.1, -0.05) is 24.3 Å². The van der Waals surface area contributed by atoms with Crippen LogP contribution in [0.15, 0.2) is 48.5 Å². The SMILES string of the molecule is COc1ccc(CCNC(=O)CSCC(=O)NCc2ccc(F)cc2)cc1. The van der Waals surface area contributed by atoms with Gasteiger partial charge in [0.15, 0.2) is 0 Å². The molecule has 2 amide bonds. The third kappa shape index (κ3) is 8.13. The van der Waals surface area contributed by atoms with Crippen LogP contribution in [-0.4, -0.2) is 37.0 Å². The lowest BCUT2D eigenvalue weighted by Gasteiger charge is -2.07. The summed E-state index contributed by atoms with van der Waals surface area (Å²) in [6.07, 6.45) is 0.735. The number of benzene rings is 2. The number of hydrogen-bond acceptors (Lipinski definition) is 4. The normalized spacial score (nSPS) is 10.3. The van der Waals surface area contributed by atoms with E-state index in [1.54, 1.807) is 19.2 Å². The second-order valence-electron chi connectivity index (χ2n) is 5.84. The van der Waals surface area contributed by atoms with Crippen molar-refractivity contribution < 1.29 is 18.7 Å². The Morgan fingerprint density at radius 1 is 0.926 bits per heavy atom. The van der Waals surface area contributed by atoms with Crippen molar-refractivity contribution >= 4 is 23.6 Å². The van der Waals surface area contributed by atoms with Crippen LogP contribution >= 0.6 is 11.8 Å². The van der Waals surface area contributed by atoms with Gasteiger partial charge in [0.1, 0.15) is 11.6 Å². The molecule has 2 aromatic rings. The molecule has 0 aliphatic heterocycles. The molecule has 144 valence electrons. The minimum Gasteiger partial charge on any atom is -0.497 e. The zero-order valence-corrected chi connectivity index (χ0v) is 16.0. The van der Waals surface area contributed by atoms with Crippen molar-refractivity contribution in [1.29, 1.82) is 0 Å². The quantitative estimate of drug-likeness (QED) is 0.654. The number of thioether (sulfide) groups is 1. The van der Waals surface area contributed by atoms with E-state index < -0.39 is 0 Å². The Morgan fingerprint density at radius 2 is 1.52 bits per heavy atom. The van der Waals surface area contributed by atoms with E-state index in [1.807, 2.05) is 24.3 Å². The first-order chi connectivity index (χ1) is 13.1. The standard InChI is InChI=1S/C20H23FN2O3S/c1-26-18-8-4-15(5-9-18)10-11-22-19(24)13-27-14-20(25)23-12-16-2-6-17(21)7-3-16/h2-9H,10-14H2,1H3,(H,22,24)(H,23,25). The van der Waals surface area contributed by atoms with Gasteiger partial charge in [-0.25, -0.2) is 4.39 Å². The third-order valence-corrected chi connectivity index (χ3v) is 4.70. The zero-order chi connectivity index (χ0) is 19.5. The van der Waals surface area contributed by atoms with Crippen LogP contribution in [0, 0.1) is 5.82 Å². The van der Waals surface area contributed by atoms with Gasteiger partial charge in [-0.3, -0.25) is 9.59 Å². The number of carbonyl (C=O) groups excluding carboxylic acids is 2. The van der Waals surface area contributed by atoms with Gasteiger partial charge in [-0.15, -0.1) is 11.8 Å². The maximum Gasteiger partial charge on any atom is 0.230 e. The summed E-state index contributed by atoms with van der Waals surface area (Å²) in [5.74, 6) is 0.672. The average molecular weight is 390 g/mol. The predicted octanol–water partition coefficient (Wildman–Crippen LogP) is 2.54. The first-order valence-electron chi connectivity index (χ1n) is 8.55. The Morgan fingerprint density at radius 3 is 2.15 bits per heavy atom. The predicted molar refractivity (Wildman–Crippen MR) is 105 cm³/mol. The Labute approximate surface area is 162 Å². The fourth-order valence-corrected chi connectivity index (χ4v) is 2.96. The molecule has 2 N–H and O–H groups in total. The second-order valence-corrected chi connectivity index (χ2v) is 6.83. The van der Waals surface area contributed by atoms with Gasteiger partial charge in [0, 0.05) is 13.1 Å². The molecular formula is C20H23FN2O3S. The molecule has 0 fully saturated rings. The number of ether oxygens (including phenoxy) is 1. The summed E-state index contributed by atoms with van der Waals surface area (Å²) in [7, 11) is 1.62. The monoisotopic (exact) mass is 390 g/mol. The Kier molecular flexibility index (Phi) is 8.64. The van der Waals surface area contributed by atoms with Crippen LogP contribution in [-0.2, 0) is 22.6 Å². The highest BCUT2D eigenvalue weighted by atomic mass is 32.2. The highest BCUT2D eigenvalue weighted by Gasteiger charge is 2.06. The molecule has 0 aliphatic carbocycles. The van der Waals surface area contributed by atoms with Crippen molar-refractivity contribution in [3.63, 3.8) is 0 Å². The van der Waals surface area contributed by atoms with Crippen LogP contribution in [0.4, 0.5) is 4.39 Å². The number of carbonyl (C=O) groups is 2. The first-order valence-corrected chi connectivity index (χ1v) is 9.71. The molecule has 0 saturated carbocycles. The van der Waals surface area contributed by atoms with Crippen LogP contribution in [0.3, 0.4) is 0 Å². The molecule has 0 saturated heterocycles. The van der Waals surface area contributed by atoms with E-state index >= 15 is 0 Å². The second kappa shape index (κ2) is 11.2. The van der Waals surface area contributed by atoms with Gasteiger partial charge < -0.3 is 15.4 Å². The van der Waals surface area contributed by atoms with Gasteiger partial charge in [-0.2, -0.15) is 0 Å². The molecule has 0 aromatic heterocycles. The van der Waals surface area contributed by atoms with Crippen LogP contribution in [0.25, 0.3) is 0 Å². The van der Waals surface area contributed by atoms with Gasteiger partial charge >= 0.3 is 0 Å². The Bertz CT molecular complexity index is 736. The Balaban J connectivity index is 1.55. The summed E-state index contributed by atoms with van der Waals surface area (Å²) in [5.41, 5.74) is 1.94. The number of hydrogen-bond donors (Lipinski definition) is 2. The minimum atomic E-state index is -0.307. The van der Waals surface area contributed by atoms with Crippen molar-refractivity contribution in [3.05, 3.63) is 65.5 Å². The summed E-state index contributed by atoms with van der Waals surface area (Å²) in [6, 6.07) is 13.7. The molecular weight excluding hydrogens is 367 g/mol. The third-order valence-electron chi connectivity index (χ3n) is 3.76. The number of halogens is 1. The molecule has 2 aromatic carbocycles. The molecule has 7 heteroatoms. The molecule has 0 unspecified atom stereocenters. The van der Waals surface area contributed by atoms with Crippen molar-refractivity contribution in [3.8, 4) is 5.75 Å². The number of amides is 2. The molecule has 0 aliphatic rings. The highest BCUT2D eigenvalue weighted by molar-refractivity contribution is 8.00. The molecule has 2 rings (SSSR count). The Hall–Kier alpha value is -2.54. The van der Waals surface area contributed by atoms with Gasteiger partial charge in [0.25, 0.3) is 0 Å². The van der Waals surface area contributed by atoms with E-state index in [-0.39, 0.29) is 29.1 Å². The van der Waals surface area contributed by atoms with E-state index in [1.165, 1.54) is 23.9 Å². The maximum atomic E-state index is 12.8. The maximum absolute atomic E-state index is 12.8. The van der Waals surface area contributed by atoms with E-state index in [0.717, 1.165) is 23.3 Å². The molecule has 0 atom stereocenters. The molecule has 27 heavy (non-hydrogen) atoms. The van der Waals surface area contributed by atoms with Crippen LogP contribution < -0.4 is 15.4 Å². The summed E-state index contributed by atoms with van der Waals surface area (Å²) in [4.78, 5) is 23.6. The number of methoxy groups -OCH3 is 1. The van der Waals surface area contributed by atoms with E-state index in [2.05, 4.69) is 10.6 Å². The first kappa shape index (κ1) is 20.8. The largest absolute Gasteiger partial charge is 0.497 e. The smallest absolute Gasteiger partial charge is 0.230 e. The highest BCUT2D eigenvalue weighted by Crippen LogP contribution is 2.11. The molecule has 0 radical (unpaired) electrons. The van der Waals surface area contributed by atoms with E-state index in [4.69, 9.17) is 4.74 Å². The number of nitrogens with one attached hydrogen (secondary N) is 2. The molecule has 0 bridgehead atoms. The van der Waals surface area contributed by atoms with E-state index in [0.29, 0.717) is 13.1 Å². The average Bonchev–Trinajstić information content (AvgIpc) is 2.68. The van der Waals surface area contributed by atoms with Crippen molar-refractivity contribution in [1.82, 2.24) is 10.6 Å². The van der Waals surface area contributed by atoms with Crippen LogP contribution in [0.1, 0.15) is 11.1 Å². The van der Waals surface area contributed by atoms with Crippen LogP contribution in [0.2, 0.25) is 0 Å². The lowest BCUT2D eigenvalue weighted by atomic mass is 10.1. The summed E-state index contributed by atoms with van der Waals surface area (Å²) >= 11 is 1.26. The van der Waals surface area contributed by atoms with Gasteiger partial charge in [-0.05, 0) is 41.8 Å². The fourth-order valence-electron chi connectivity index (χ4n) is 2.28. The van der Waals surface area contributed by atoms with Crippen LogP contribution in [0.5, 0.6) is 5.75 Å². The fraction of sp³-hybridized carbons (Fsp3) is 0.300. The topological polar surface area (TPSA) is 67.4 Å². The lowest BCUT2D eigenvalue weighted by Crippen LogP contribution is -2.29. The minimum absolute atomic E-state index is 0.0974.